The van der Waals surface area contributed by atoms with Crippen LogP contribution >= 0.6 is 0 Å². The van der Waals surface area contributed by atoms with Gasteiger partial charge in [-0.1, -0.05) is 30.3 Å². The van der Waals surface area contributed by atoms with Crippen LogP contribution in [0.2, 0.25) is 0 Å². The highest BCUT2D eigenvalue weighted by Gasteiger charge is 2.10. The summed E-state index contributed by atoms with van der Waals surface area (Å²) < 4.78 is 4.84. The number of ether oxygens (including phenoxy) is 1. The first-order valence-electron chi connectivity index (χ1n) is 5.41. The molecule has 0 spiro atoms. The van der Waals surface area contributed by atoms with Gasteiger partial charge in [0.1, 0.15) is 0 Å². The van der Waals surface area contributed by atoms with E-state index in [0.717, 1.165) is 0 Å². The van der Waals surface area contributed by atoms with Gasteiger partial charge in [-0.05, 0) is 6.07 Å². The molecule has 0 fully saturated rings. The van der Waals surface area contributed by atoms with Gasteiger partial charge < -0.3 is 4.74 Å². The predicted molar refractivity (Wildman–Crippen MR) is 65.4 cm³/mol. The van der Waals surface area contributed by atoms with E-state index in [4.69, 9.17) is 4.74 Å². The van der Waals surface area contributed by atoms with Crippen molar-refractivity contribution in [3.63, 3.8) is 0 Å². The third-order valence-electron chi connectivity index (χ3n) is 2.28. The van der Waals surface area contributed by atoms with Crippen LogP contribution in [0.15, 0.2) is 48.7 Å². The molecule has 1 aromatic heterocycles. The van der Waals surface area contributed by atoms with Crippen molar-refractivity contribution in [2.45, 2.75) is 6.92 Å². The summed E-state index contributed by atoms with van der Waals surface area (Å²) in [6.07, 6.45) is 1.44. The minimum atomic E-state index is -0.466. The molecule has 0 aliphatic carbocycles. The number of nitrogens with zero attached hydrogens (tertiary/aromatic N) is 1. The van der Waals surface area contributed by atoms with Gasteiger partial charge in [-0.25, -0.2) is 4.98 Å². The molecular formula is C14H11NO3. The summed E-state index contributed by atoms with van der Waals surface area (Å²) in [6.45, 7) is 1.29. The van der Waals surface area contributed by atoms with E-state index >= 15 is 0 Å². The highest BCUT2D eigenvalue weighted by Crippen LogP contribution is 2.14. The number of hydrogen-bond donors (Lipinski definition) is 0. The maximum absolute atomic E-state index is 12.1. The van der Waals surface area contributed by atoms with E-state index in [0.29, 0.717) is 11.1 Å². The molecular weight excluding hydrogens is 230 g/mol. The maximum atomic E-state index is 12.1. The average Bonchev–Trinajstić information content (AvgIpc) is 2.38. The Morgan fingerprint density at radius 2 is 1.78 bits per heavy atom. The molecule has 2 rings (SSSR count). The first-order valence-corrected chi connectivity index (χ1v) is 5.41. The van der Waals surface area contributed by atoms with Crippen molar-refractivity contribution in [2.75, 3.05) is 0 Å². The quantitative estimate of drug-likeness (QED) is 0.610. The fourth-order valence-corrected chi connectivity index (χ4v) is 1.51. The van der Waals surface area contributed by atoms with Crippen molar-refractivity contribution in [1.82, 2.24) is 4.98 Å². The van der Waals surface area contributed by atoms with Gasteiger partial charge in [-0.15, -0.1) is 0 Å². The molecule has 0 bridgehead atoms. The van der Waals surface area contributed by atoms with Crippen LogP contribution in [-0.4, -0.2) is 16.7 Å². The lowest BCUT2D eigenvalue weighted by atomic mass is 10.0. The zero-order chi connectivity index (χ0) is 13.0. The number of carbonyl (C=O) groups excluding carboxylic acids is 2. The number of pyridine rings is 1. The average molecular weight is 241 g/mol. The second-order valence-electron chi connectivity index (χ2n) is 3.67. The van der Waals surface area contributed by atoms with Crippen LogP contribution in [0.3, 0.4) is 0 Å². The van der Waals surface area contributed by atoms with Gasteiger partial charge >= 0.3 is 5.97 Å². The minimum absolute atomic E-state index is 0.129. The highest BCUT2D eigenvalue weighted by molar-refractivity contribution is 6.09. The van der Waals surface area contributed by atoms with Crippen LogP contribution in [-0.2, 0) is 4.79 Å². The number of hydrogen-bond acceptors (Lipinski definition) is 4. The largest absolute Gasteiger partial charge is 0.408 e. The molecule has 0 aliphatic heterocycles. The second-order valence-corrected chi connectivity index (χ2v) is 3.67. The summed E-state index contributed by atoms with van der Waals surface area (Å²) in [5.41, 5.74) is 1.02. The molecule has 90 valence electrons. The fraction of sp³-hybridized carbons (Fsp3) is 0.0714. The zero-order valence-corrected chi connectivity index (χ0v) is 9.79. The summed E-state index contributed by atoms with van der Waals surface area (Å²) in [4.78, 5) is 26.8. The van der Waals surface area contributed by atoms with Crippen LogP contribution < -0.4 is 4.74 Å². The lowest BCUT2D eigenvalue weighted by Gasteiger charge is -2.03. The lowest BCUT2D eigenvalue weighted by Crippen LogP contribution is -2.06. The van der Waals surface area contributed by atoms with Crippen molar-refractivity contribution in [3.05, 3.63) is 59.8 Å². The Balaban J connectivity index is 2.29. The second kappa shape index (κ2) is 5.23. The predicted octanol–water partition coefficient (Wildman–Crippen LogP) is 2.24. The van der Waals surface area contributed by atoms with Crippen molar-refractivity contribution in [2.24, 2.45) is 0 Å². The molecule has 0 amide bonds. The number of aromatic nitrogens is 1. The van der Waals surface area contributed by atoms with E-state index in [2.05, 4.69) is 4.98 Å². The third-order valence-corrected chi connectivity index (χ3v) is 2.28. The molecule has 4 nitrogen and oxygen atoms in total. The molecule has 18 heavy (non-hydrogen) atoms. The fourth-order valence-electron chi connectivity index (χ4n) is 1.51. The van der Waals surface area contributed by atoms with Gasteiger partial charge in [-0.3, -0.25) is 9.59 Å². The van der Waals surface area contributed by atoms with Crippen LogP contribution in [0.5, 0.6) is 5.88 Å². The Bertz CT molecular complexity index is 579. The van der Waals surface area contributed by atoms with Gasteiger partial charge in [0.05, 0.1) is 0 Å². The summed E-state index contributed by atoms with van der Waals surface area (Å²) in [6, 6.07) is 11.9. The first-order chi connectivity index (χ1) is 8.66. The smallest absolute Gasteiger partial charge is 0.309 e. The number of rotatable bonds is 3. The van der Waals surface area contributed by atoms with E-state index in [9.17, 15) is 9.59 Å². The van der Waals surface area contributed by atoms with Crippen molar-refractivity contribution in [3.8, 4) is 5.88 Å². The van der Waals surface area contributed by atoms with E-state index < -0.39 is 5.97 Å². The number of benzene rings is 1. The van der Waals surface area contributed by atoms with E-state index in [-0.39, 0.29) is 11.7 Å². The molecule has 0 saturated heterocycles. The lowest BCUT2D eigenvalue weighted by molar-refractivity contribution is -0.132. The van der Waals surface area contributed by atoms with Gasteiger partial charge in [0.2, 0.25) is 5.88 Å². The number of esters is 1. The van der Waals surface area contributed by atoms with Gasteiger partial charge in [0.15, 0.2) is 5.78 Å². The molecule has 0 radical (unpaired) electrons. The van der Waals surface area contributed by atoms with Crippen LogP contribution in [0.25, 0.3) is 0 Å². The van der Waals surface area contributed by atoms with Crippen molar-refractivity contribution >= 4 is 11.8 Å². The third kappa shape index (κ3) is 2.79. The number of carbonyl (C=O) groups is 2. The van der Waals surface area contributed by atoms with Gasteiger partial charge in [0, 0.05) is 30.3 Å². The Kier molecular flexibility index (Phi) is 3.48. The normalized spacial score (nSPS) is 9.83. The van der Waals surface area contributed by atoms with Crippen molar-refractivity contribution < 1.29 is 14.3 Å². The van der Waals surface area contributed by atoms with E-state index in [1.165, 1.54) is 19.2 Å². The maximum Gasteiger partial charge on any atom is 0.309 e. The summed E-state index contributed by atoms with van der Waals surface area (Å²) in [7, 11) is 0. The van der Waals surface area contributed by atoms with Gasteiger partial charge in [0.25, 0.3) is 0 Å². The standard InChI is InChI=1S/C14H11NO3/c1-10(16)18-13-9-12(7-8-15-13)14(17)11-5-3-2-4-6-11/h2-9H,1H3. The summed E-state index contributed by atoms with van der Waals surface area (Å²) in [5.74, 6) is -0.470. The highest BCUT2D eigenvalue weighted by atomic mass is 16.5. The van der Waals surface area contributed by atoms with Crippen LogP contribution in [0, 0.1) is 0 Å². The molecule has 0 aliphatic rings. The molecule has 1 heterocycles. The van der Waals surface area contributed by atoms with Crippen LogP contribution in [0.1, 0.15) is 22.8 Å². The van der Waals surface area contributed by atoms with Crippen molar-refractivity contribution in [1.29, 1.82) is 0 Å². The van der Waals surface area contributed by atoms with Gasteiger partial charge in [-0.2, -0.15) is 0 Å². The zero-order valence-electron chi connectivity index (χ0n) is 9.79. The summed E-state index contributed by atoms with van der Waals surface area (Å²) in [5, 5.41) is 0. The van der Waals surface area contributed by atoms with E-state index in [1.54, 1.807) is 30.3 Å². The molecule has 0 N–H and O–H groups in total. The Labute approximate surface area is 104 Å². The van der Waals surface area contributed by atoms with E-state index in [1.807, 2.05) is 6.07 Å². The monoisotopic (exact) mass is 241 g/mol. The first kappa shape index (κ1) is 12.0. The summed E-state index contributed by atoms with van der Waals surface area (Å²) >= 11 is 0. The molecule has 4 heteroatoms. The Hall–Kier alpha value is -2.49. The Morgan fingerprint density at radius 3 is 2.44 bits per heavy atom. The molecule has 0 atom stereocenters. The topological polar surface area (TPSA) is 56.3 Å². The Morgan fingerprint density at radius 1 is 1.06 bits per heavy atom. The van der Waals surface area contributed by atoms with Crippen LogP contribution in [0.4, 0.5) is 0 Å². The molecule has 1 aromatic carbocycles. The molecule has 2 aromatic rings. The minimum Gasteiger partial charge on any atom is -0.408 e. The molecule has 0 unspecified atom stereocenters. The molecule has 0 saturated carbocycles. The SMILES string of the molecule is CC(=O)Oc1cc(C(=O)c2ccccc2)ccn1. The number of ketones is 1.